The molecule has 0 atom stereocenters. The first-order valence-corrected chi connectivity index (χ1v) is 5.79. The van der Waals surface area contributed by atoms with Crippen molar-refractivity contribution in [2.24, 2.45) is 0 Å². The Hall–Kier alpha value is 0.434. The van der Waals surface area contributed by atoms with Crippen LogP contribution in [0.3, 0.4) is 0 Å². The van der Waals surface area contributed by atoms with Crippen LogP contribution in [0.1, 0.15) is 45.4 Å². The first-order chi connectivity index (χ1) is 5.83. The van der Waals surface area contributed by atoms with Crippen LogP contribution < -0.4 is 0 Å². The summed E-state index contributed by atoms with van der Waals surface area (Å²) in [4.78, 5) is 0. The standard InChI is InChI=1S/C8H18O.H2O.O.Ti/c1-2-3-4-5-6-7-8-9;;;/h9H,2-8H2,1H3;1H2;;/q;;;+1/p-1. The zero-order valence-electron chi connectivity index (χ0n) is 7.75. The number of hydrogen-bond acceptors (Lipinski definition) is 2. The van der Waals surface area contributed by atoms with Gasteiger partial charge in [0.1, 0.15) is 0 Å². The fourth-order valence-corrected chi connectivity index (χ4v) is 0.892. The molecule has 0 aromatic heterocycles. The normalized spacial score (nSPS) is 8.25. The van der Waals surface area contributed by atoms with Gasteiger partial charge in [0, 0.05) is 6.61 Å². The minimum atomic E-state index is -1.75. The third-order valence-electron chi connectivity index (χ3n) is 1.51. The molecule has 12 heavy (non-hydrogen) atoms. The van der Waals surface area contributed by atoms with Gasteiger partial charge < -0.3 is 5.11 Å². The Kier molecular flexibility index (Phi) is 21.8. The van der Waals surface area contributed by atoms with Gasteiger partial charge in [-0.2, -0.15) is 0 Å². The van der Waals surface area contributed by atoms with Gasteiger partial charge in [-0.1, -0.05) is 39.0 Å². The molecule has 0 saturated heterocycles. The second-order valence-electron chi connectivity index (χ2n) is 2.58. The van der Waals surface area contributed by atoms with Crippen molar-refractivity contribution in [3.63, 3.8) is 0 Å². The monoisotopic (exact) mass is 211 g/mol. The Labute approximate surface area is 83.9 Å². The second kappa shape index (κ2) is 17.5. The Balaban J connectivity index is 0. The molecule has 0 fully saturated rings. The zero-order chi connectivity index (χ0) is 9.66. The molecule has 0 aromatic rings. The molecule has 0 rings (SSSR count). The molecule has 0 saturated carbocycles. The van der Waals surface area contributed by atoms with Crippen molar-refractivity contribution in [1.82, 2.24) is 0 Å². The van der Waals surface area contributed by atoms with Crippen LogP contribution in [0.2, 0.25) is 0 Å². The van der Waals surface area contributed by atoms with Crippen LogP contribution in [-0.4, -0.2) is 15.4 Å². The van der Waals surface area contributed by atoms with Gasteiger partial charge in [0.15, 0.2) is 0 Å². The third kappa shape index (κ3) is 22.4. The summed E-state index contributed by atoms with van der Waals surface area (Å²) in [6.07, 6.45) is 7.50. The van der Waals surface area contributed by atoms with Crippen molar-refractivity contribution >= 4 is 0 Å². The quantitative estimate of drug-likeness (QED) is 0.518. The molecule has 0 aliphatic rings. The number of unbranched alkanes of at least 4 members (excludes halogenated alkanes) is 5. The molecule has 0 aromatic carbocycles. The second-order valence-corrected chi connectivity index (χ2v) is 2.87. The molecule has 0 aliphatic heterocycles. The molecular formula is C8H19O3Ti. The molecule has 0 amide bonds. The summed E-state index contributed by atoms with van der Waals surface area (Å²) in [6, 6.07) is 0. The van der Waals surface area contributed by atoms with E-state index in [9.17, 15) is 0 Å². The van der Waals surface area contributed by atoms with Crippen LogP contribution in [0.25, 0.3) is 0 Å². The van der Waals surface area contributed by atoms with Gasteiger partial charge in [-0.15, -0.1) is 0 Å². The molecule has 73 valence electrons. The average Bonchev–Trinajstić information content (AvgIpc) is 2.06. The van der Waals surface area contributed by atoms with Crippen LogP contribution in [0, 0.1) is 0 Å². The van der Waals surface area contributed by atoms with Crippen molar-refractivity contribution in [3.05, 3.63) is 0 Å². The molecule has 0 radical (unpaired) electrons. The maximum absolute atomic E-state index is 8.61. The van der Waals surface area contributed by atoms with Gasteiger partial charge >= 0.3 is 26.5 Å². The first-order valence-electron chi connectivity index (χ1n) is 4.45. The summed E-state index contributed by atoms with van der Waals surface area (Å²) >= 11 is -1.75. The van der Waals surface area contributed by atoms with E-state index in [1.165, 1.54) is 32.1 Å². The van der Waals surface area contributed by atoms with Crippen molar-refractivity contribution in [1.29, 1.82) is 0 Å². The Morgan fingerprint density at radius 1 is 1.08 bits per heavy atom. The van der Waals surface area contributed by atoms with E-state index >= 15 is 0 Å². The fourth-order valence-electron chi connectivity index (χ4n) is 0.892. The Bertz CT molecular complexity index is 72.7. The fraction of sp³-hybridized carbons (Fsp3) is 1.00. The van der Waals surface area contributed by atoms with Gasteiger partial charge in [0.05, 0.1) is 0 Å². The van der Waals surface area contributed by atoms with Gasteiger partial charge in [-0.3, -0.25) is 0 Å². The molecule has 0 bridgehead atoms. The van der Waals surface area contributed by atoms with E-state index in [1.807, 2.05) is 0 Å². The summed E-state index contributed by atoms with van der Waals surface area (Å²) in [7, 11) is 0. The van der Waals surface area contributed by atoms with E-state index in [4.69, 9.17) is 12.1 Å². The van der Waals surface area contributed by atoms with Gasteiger partial charge in [0.25, 0.3) is 0 Å². The van der Waals surface area contributed by atoms with Gasteiger partial charge in [-0.25, -0.2) is 0 Å². The van der Waals surface area contributed by atoms with Gasteiger partial charge in [0.2, 0.25) is 0 Å². The Morgan fingerprint density at radius 2 is 1.50 bits per heavy atom. The number of hydrogen-bond donors (Lipinski definition) is 2. The van der Waals surface area contributed by atoms with E-state index in [-0.39, 0.29) is 0 Å². The van der Waals surface area contributed by atoms with E-state index in [0.717, 1.165) is 6.42 Å². The molecule has 0 aliphatic carbocycles. The summed E-state index contributed by atoms with van der Waals surface area (Å²) in [5, 5.41) is 8.42. The first kappa shape index (κ1) is 14.9. The summed E-state index contributed by atoms with van der Waals surface area (Å²) in [5.74, 6) is 0. The molecule has 3 nitrogen and oxygen atoms in total. The number of aliphatic hydroxyl groups is 1. The molecule has 0 unspecified atom stereocenters. The van der Waals surface area contributed by atoms with E-state index in [0.29, 0.717) is 6.61 Å². The molecule has 2 N–H and O–H groups in total. The maximum atomic E-state index is 8.61. The Morgan fingerprint density at radius 3 is 1.92 bits per heavy atom. The molecule has 0 spiro atoms. The predicted molar refractivity (Wildman–Crippen MR) is 43.4 cm³/mol. The van der Waals surface area contributed by atoms with Crippen LogP contribution >= 0.6 is 0 Å². The van der Waals surface area contributed by atoms with Crippen LogP contribution in [0.5, 0.6) is 0 Å². The SMILES string of the molecule is CCCCCCCCO.[O]=[Ti][OH]. The third-order valence-corrected chi connectivity index (χ3v) is 1.51. The van der Waals surface area contributed by atoms with E-state index in [1.54, 1.807) is 0 Å². The van der Waals surface area contributed by atoms with Gasteiger partial charge in [-0.05, 0) is 6.42 Å². The van der Waals surface area contributed by atoms with Crippen molar-refractivity contribution in [2.45, 2.75) is 45.4 Å². The molecule has 0 heterocycles. The van der Waals surface area contributed by atoms with Crippen molar-refractivity contribution in [3.8, 4) is 0 Å². The summed E-state index contributed by atoms with van der Waals surface area (Å²) in [5.41, 5.74) is 0. The topological polar surface area (TPSA) is 57.5 Å². The minimum absolute atomic E-state index is 0.367. The summed E-state index contributed by atoms with van der Waals surface area (Å²) < 4.78 is 15.8. The number of aliphatic hydroxyl groups excluding tert-OH is 1. The van der Waals surface area contributed by atoms with Crippen LogP contribution in [0.15, 0.2) is 0 Å². The van der Waals surface area contributed by atoms with Crippen molar-refractivity contribution in [2.75, 3.05) is 6.61 Å². The summed E-state index contributed by atoms with van der Waals surface area (Å²) in [6.45, 7) is 2.58. The molecule has 4 heteroatoms. The van der Waals surface area contributed by atoms with Crippen LogP contribution in [-0.2, 0) is 22.8 Å². The zero-order valence-corrected chi connectivity index (χ0v) is 9.31. The van der Waals surface area contributed by atoms with Crippen LogP contribution in [0.4, 0.5) is 0 Å². The average molecular weight is 211 g/mol. The van der Waals surface area contributed by atoms with E-state index < -0.39 is 19.5 Å². The van der Waals surface area contributed by atoms with E-state index in [2.05, 4.69) is 6.92 Å². The predicted octanol–water partition coefficient (Wildman–Crippen LogP) is 1.66. The molecular weight excluding hydrogens is 192 g/mol. The van der Waals surface area contributed by atoms with Crippen molar-refractivity contribution < 1.29 is 31.6 Å². The number of rotatable bonds is 6.